The summed E-state index contributed by atoms with van der Waals surface area (Å²) in [4.78, 5) is 14.0. The first-order chi connectivity index (χ1) is 8.19. The van der Waals surface area contributed by atoms with Gasteiger partial charge in [-0.2, -0.15) is 5.10 Å². The van der Waals surface area contributed by atoms with E-state index in [9.17, 15) is 10.1 Å². The third-order valence-electron chi connectivity index (χ3n) is 2.15. The number of rotatable bonds is 4. The van der Waals surface area contributed by atoms with Crippen LogP contribution in [-0.2, 0) is 6.54 Å². The van der Waals surface area contributed by atoms with E-state index in [0.717, 1.165) is 5.56 Å². The molecule has 0 radical (unpaired) electrons. The molecule has 0 aliphatic rings. The molecule has 88 valence electrons. The lowest BCUT2D eigenvalue weighted by molar-refractivity contribution is -0.385. The van der Waals surface area contributed by atoms with Crippen LogP contribution in [0.5, 0.6) is 0 Å². The molecule has 0 spiro atoms. The second-order valence-electron chi connectivity index (χ2n) is 3.35. The summed E-state index contributed by atoms with van der Waals surface area (Å²) >= 11 is 0. The maximum Gasteiger partial charge on any atom is 0.307 e. The lowest BCUT2D eigenvalue weighted by atomic mass is 10.2. The fourth-order valence-electron chi connectivity index (χ4n) is 1.37. The van der Waals surface area contributed by atoms with Gasteiger partial charge in [0.05, 0.1) is 11.5 Å². The molecule has 0 aliphatic heterocycles. The Morgan fingerprint density at radius 1 is 1.59 bits per heavy atom. The van der Waals surface area contributed by atoms with Crippen molar-refractivity contribution < 1.29 is 4.92 Å². The summed E-state index contributed by atoms with van der Waals surface area (Å²) in [7, 11) is 0. The third kappa shape index (κ3) is 2.55. The molecule has 0 unspecified atom stereocenters. The van der Waals surface area contributed by atoms with Crippen molar-refractivity contribution >= 4 is 11.5 Å². The van der Waals surface area contributed by atoms with Crippen LogP contribution in [0, 0.1) is 10.1 Å². The molecule has 8 nitrogen and oxygen atoms in total. The van der Waals surface area contributed by atoms with Crippen LogP contribution in [0.1, 0.15) is 5.56 Å². The Labute approximate surface area is 96.2 Å². The lowest BCUT2D eigenvalue weighted by Gasteiger charge is -2.03. The number of hydrogen-bond acceptors (Lipinski definition) is 6. The van der Waals surface area contributed by atoms with Crippen LogP contribution in [0.4, 0.5) is 11.5 Å². The number of hydrazine groups is 1. The Bertz CT molecular complexity index is 538. The number of nitrogen functional groups attached to an aromatic ring is 1. The number of pyridine rings is 1. The van der Waals surface area contributed by atoms with Crippen LogP contribution in [0.3, 0.4) is 0 Å². The number of aromatic nitrogens is 3. The van der Waals surface area contributed by atoms with Gasteiger partial charge in [0.1, 0.15) is 18.2 Å². The van der Waals surface area contributed by atoms with Gasteiger partial charge in [-0.1, -0.05) is 0 Å². The van der Waals surface area contributed by atoms with E-state index in [1.54, 1.807) is 18.3 Å². The molecule has 8 heteroatoms. The monoisotopic (exact) mass is 234 g/mol. The number of nitrogens with one attached hydrogen (secondary N) is 1. The molecule has 0 atom stereocenters. The lowest BCUT2D eigenvalue weighted by Crippen LogP contribution is -2.09. The van der Waals surface area contributed by atoms with E-state index in [4.69, 9.17) is 5.84 Å². The fourth-order valence-corrected chi connectivity index (χ4v) is 1.37. The number of hydrogen-bond donors (Lipinski definition) is 2. The first-order valence-electron chi connectivity index (χ1n) is 4.77. The number of nitro groups is 1. The van der Waals surface area contributed by atoms with Crippen molar-refractivity contribution in [1.29, 1.82) is 0 Å². The van der Waals surface area contributed by atoms with E-state index in [-0.39, 0.29) is 5.69 Å². The van der Waals surface area contributed by atoms with Crippen LogP contribution < -0.4 is 11.3 Å². The summed E-state index contributed by atoms with van der Waals surface area (Å²) in [5, 5.41) is 14.4. The molecule has 0 aliphatic carbocycles. The van der Waals surface area contributed by atoms with E-state index in [2.05, 4.69) is 15.5 Å². The smallest absolute Gasteiger partial charge is 0.307 e. The average molecular weight is 234 g/mol. The molecule has 3 N–H and O–H groups in total. The molecule has 2 aromatic heterocycles. The molecule has 0 fully saturated rings. The van der Waals surface area contributed by atoms with E-state index in [0.29, 0.717) is 12.4 Å². The summed E-state index contributed by atoms with van der Waals surface area (Å²) in [5.41, 5.74) is 3.29. The SMILES string of the molecule is NNc1cc(Cn2cc([N+](=O)[O-])cn2)ccn1. The first kappa shape index (κ1) is 11.0. The summed E-state index contributed by atoms with van der Waals surface area (Å²) in [6, 6.07) is 3.53. The molecular weight excluding hydrogens is 224 g/mol. The second-order valence-corrected chi connectivity index (χ2v) is 3.35. The van der Waals surface area contributed by atoms with Gasteiger partial charge in [0, 0.05) is 6.20 Å². The van der Waals surface area contributed by atoms with Crippen molar-refractivity contribution in [1.82, 2.24) is 14.8 Å². The maximum atomic E-state index is 10.5. The highest BCUT2D eigenvalue weighted by Crippen LogP contribution is 2.11. The number of anilines is 1. The van der Waals surface area contributed by atoms with Crippen molar-refractivity contribution in [2.75, 3.05) is 5.43 Å². The summed E-state index contributed by atoms with van der Waals surface area (Å²) in [6.07, 6.45) is 4.18. The number of nitrogens with zero attached hydrogens (tertiary/aromatic N) is 4. The van der Waals surface area contributed by atoms with Crippen LogP contribution in [0.2, 0.25) is 0 Å². The predicted octanol–water partition coefficient (Wildman–Crippen LogP) is 0.520. The largest absolute Gasteiger partial charge is 0.308 e. The first-order valence-corrected chi connectivity index (χ1v) is 4.77. The minimum atomic E-state index is -0.483. The highest BCUT2D eigenvalue weighted by molar-refractivity contribution is 5.36. The highest BCUT2D eigenvalue weighted by Gasteiger charge is 2.08. The molecule has 2 aromatic rings. The molecule has 2 heterocycles. The van der Waals surface area contributed by atoms with Crippen LogP contribution >= 0.6 is 0 Å². The Hall–Kier alpha value is -2.48. The third-order valence-corrected chi connectivity index (χ3v) is 2.15. The van der Waals surface area contributed by atoms with Gasteiger partial charge in [-0.15, -0.1) is 0 Å². The molecular formula is C9H10N6O2. The molecule has 0 saturated heterocycles. The van der Waals surface area contributed by atoms with Crippen LogP contribution in [0.15, 0.2) is 30.7 Å². The van der Waals surface area contributed by atoms with Gasteiger partial charge in [0.15, 0.2) is 0 Å². The van der Waals surface area contributed by atoms with E-state index in [1.165, 1.54) is 17.1 Å². The standard InChI is InChI=1S/C9H10N6O2/c10-13-9-3-7(1-2-11-9)5-14-6-8(4-12-14)15(16)17/h1-4,6H,5,10H2,(H,11,13). The topological polar surface area (TPSA) is 112 Å². The Morgan fingerprint density at radius 2 is 2.41 bits per heavy atom. The summed E-state index contributed by atoms with van der Waals surface area (Å²) in [6.45, 7) is 0.422. The van der Waals surface area contributed by atoms with Crippen molar-refractivity contribution in [2.24, 2.45) is 5.84 Å². The van der Waals surface area contributed by atoms with Gasteiger partial charge in [-0.3, -0.25) is 14.8 Å². The zero-order valence-electron chi connectivity index (χ0n) is 8.78. The molecule has 0 saturated carbocycles. The molecule has 0 amide bonds. The summed E-state index contributed by atoms with van der Waals surface area (Å²) < 4.78 is 1.48. The fraction of sp³-hybridized carbons (Fsp3) is 0.111. The highest BCUT2D eigenvalue weighted by atomic mass is 16.6. The van der Waals surface area contributed by atoms with Gasteiger partial charge in [-0.25, -0.2) is 10.8 Å². The maximum absolute atomic E-state index is 10.5. The van der Waals surface area contributed by atoms with E-state index >= 15 is 0 Å². The van der Waals surface area contributed by atoms with E-state index < -0.39 is 4.92 Å². The van der Waals surface area contributed by atoms with Crippen LogP contribution in [0.25, 0.3) is 0 Å². The van der Waals surface area contributed by atoms with Crippen molar-refractivity contribution in [3.63, 3.8) is 0 Å². The van der Waals surface area contributed by atoms with Gasteiger partial charge < -0.3 is 5.43 Å². The Balaban J connectivity index is 2.16. The second kappa shape index (κ2) is 4.58. The van der Waals surface area contributed by atoms with E-state index in [1.807, 2.05) is 0 Å². The Kier molecular flexibility index (Phi) is 2.97. The number of nitrogens with two attached hydrogens (primary N) is 1. The summed E-state index contributed by atoms with van der Waals surface area (Å²) in [5.74, 6) is 5.76. The van der Waals surface area contributed by atoms with Crippen molar-refractivity contribution in [3.8, 4) is 0 Å². The average Bonchev–Trinajstić information content (AvgIpc) is 2.78. The van der Waals surface area contributed by atoms with Crippen molar-refractivity contribution in [3.05, 3.63) is 46.4 Å². The molecule has 0 aromatic carbocycles. The van der Waals surface area contributed by atoms with Crippen molar-refractivity contribution in [2.45, 2.75) is 6.54 Å². The van der Waals surface area contributed by atoms with Crippen LogP contribution in [-0.4, -0.2) is 19.7 Å². The molecule has 2 rings (SSSR count). The molecule has 0 bridgehead atoms. The normalized spacial score (nSPS) is 10.2. The zero-order chi connectivity index (χ0) is 12.3. The quantitative estimate of drug-likeness (QED) is 0.453. The molecule has 17 heavy (non-hydrogen) atoms. The Morgan fingerprint density at radius 3 is 3.06 bits per heavy atom. The van der Waals surface area contributed by atoms with Gasteiger partial charge in [0.25, 0.3) is 0 Å². The predicted molar refractivity (Wildman–Crippen MR) is 60.0 cm³/mol. The zero-order valence-corrected chi connectivity index (χ0v) is 8.78. The van der Waals surface area contributed by atoms with Gasteiger partial charge in [-0.05, 0) is 17.7 Å². The van der Waals surface area contributed by atoms with Gasteiger partial charge >= 0.3 is 5.69 Å². The minimum Gasteiger partial charge on any atom is -0.308 e. The van der Waals surface area contributed by atoms with Gasteiger partial charge in [0.2, 0.25) is 0 Å². The minimum absolute atomic E-state index is 0.0313.